The van der Waals surface area contributed by atoms with Crippen LogP contribution in [0.2, 0.25) is 0 Å². The smallest absolute Gasteiger partial charge is 0.479 e. The SMILES string of the molecule is Cc1nc(C)c([C@H](OC(C)(C)C)C(=O)O)c(N2CCC(C)(C)CC2)c1-c1ccc2c(c1)CCN(Cc1ccc(OC(F)(F)F)c(F)c1)C2. The molecule has 11 heteroatoms. The zero-order valence-corrected chi connectivity index (χ0v) is 28.7. The van der Waals surface area contributed by atoms with Crippen LogP contribution >= 0.6 is 0 Å². The van der Waals surface area contributed by atoms with Gasteiger partial charge < -0.3 is 19.5 Å². The Morgan fingerprint density at radius 2 is 1.69 bits per heavy atom. The van der Waals surface area contributed by atoms with Crippen LogP contribution in [0.15, 0.2) is 36.4 Å². The number of alkyl halides is 3. The lowest BCUT2D eigenvalue weighted by molar-refractivity contribution is -0.275. The summed E-state index contributed by atoms with van der Waals surface area (Å²) in [6, 6.07) is 9.83. The molecule has 0 bridgehead atoms. The molecule has 1 saturated heterocycles. The lowest BCUT2D eigenvalue weighted by atomic mass is 9.81. The fourth-order valence-corrected chi connectivity index (χ4v) is 6.77. The molecular formula is C37H45F4N3O4. The van der Waals surface area contributed by atoms with E-state index >= 15 is 0 Å². The van der Waals surface area contributed by atoms with Crippen LogP contribution in [0.4, 0.5) is 23.2 Å². The van der Waals surface area contributed by atoms with Crippen molar-refractivity contribution in [3.8, 4) is 16.9 Å². The van der Waals surface area contributed by atoms with E-state index in [1.807, 2.05) is 40.7 Å². The van der Waals surface area contributed by atoms with Crippen LogP contribution < -0.4 is 9.64 Å². The first-order valence-corrected chi connectivity index (χ1v) is 16.4. The normalized spacial score (nSPS) is 17.6. The van der Waals surface area contributed by atoms with Gasteiger partial charge in [-0.2, -0.15) is 0 Å². The Morgan fingerprint density at radius 3 is 2.29 bits per heavy atom. The van der Waals surface area contributed by atoms with Gasteiger partial charge in [-0.1, -0.05) is 38.1 Å². The molecule has 1 N–H and O–H groups in total. The number of benzene rings is 2. The van der Waals surface area contributed by atoms with Gasteiger partial charge in [-0.3, -0.25) is 9.88 Å². The van der Waals surface area contributed by atoms with Crippen molar-refractivity contribution < 1.29 is 36.9 Å². The van der Waals surface area contributed by atoms with E-state index in [0.29, 0.717) is 42.9 Å². The average Bonchev–Trinajstić information content (AvgIpc) is 2.96. The van der Waals surface area contributed by atoms with Crippen molar-refractivity contribution in [1.82, 2.24) is 9.88 Å². The highest BCUT2D eigenvalue weighted by molar-refractivity contribution is 5.88. The molecule has 0 aliphatic carbocycles. The summed E-state index contributed by atoms with van der Waals surface area (Å²) in [5, 5.41) is 10.5. The van der Waals surface area contributed by atoms with Crippen molar-refractivity contribution in [3.05, 3.63) is 75.9 Å². The number of pyridine rings is 1. The molecule has 0 unspecified atom stereocenters. The molecule has 7 nitrogen and oxygen atoms in total. The fraction of sp³-hybridized carbons (Fsp3) is 0.514. The molecule has 3 aromatic rings. The highest BCUT2D eigenvalue weighted by Crippen LogP contribution is 2.45. The summed E-state index contributed by atoms with van der Waals surface area (Å²) < 4.78 is 62.0. The highest BCUT2D eigenvalue weighted by atomic mass is 19.4. The third-order valence-corrected chi connectivity index (χ3v) is 9.18. The Hall–Kier alpha value is -3.70. The number of hydrogen-bond donors (Lipinski definition) is 1. The number of aliphatic carboxylic acids is 1. The third-order valence-electron chi connectivity index (χ3n) is 9.18. The molecule has 260 valence electrons. The summed E-state index contributed by atoms with van der Waals surface area (Å²) in [4.78, 5) is 22.1. The van der Waals surface area contributed by atoms with Crippen molar-refractivity contribution in [2.45, 2.75) is 98.9 Å². The van der Waals surface area contributed by atoms with Gasteiger partial charge in [0.15, 0.2) is 17.7 Å². The minimum atomic E-state index is -4.96. The molecule has 0 saturated carbocycles. The van der Waals surface area contributed by atoms with Gasteiger partial charge >= 0.3 is 12.3 Å². The molecule has 48 heavy (non-hydrogen) atoms. The van der Waals surface area contributed by atoms with Crippen LogP contribution in [0.1, 0.15) is 87.2 Å². The maximum Gasteiger partial charge on any atom is 0.573 e. The number of rotatable bonds is 8. The van der Waals surface area contributed by atoms with E-state index in [1.54, 1.807) is 0 Å². The number of halogens is 4. The third kappa shape index (κ3) is 8.29. The summed E-state index contributed by atoms with van der Waals surface area (Å²) in [6.45, 7) is 17.1. The number of anilines is 1. The number of aryl methyl sites for hydroxylation is 2. The molecular weight excluding hydrogens is 626 g/mol. The molecule has 3 heterocycles. The summed E-state index contributed by atoms with van der Waals surface area (Å²) in [5.74, 6) is -2.96. The summed E-state index contributed by atoms with van der Waals surface area (Å²) in [5.41, 5.74) is 7.04. The van der Waals surface area contributed by atoms with Crippen LogP contribution in [-0.4, -0.2) is 52.6 Å². The number of nitrogens with zero attached hydrogens (tertiary/aromatic N) is 3. The summed E-state index contributed by atoms with van der Waals surface area (Å²) in [7, 11) is 0. The predicted octanol–water partition coefficient (Wildman–Crippen LogP) is 8.53. The number of carboxylic acid groups (broad SMARTS) is 1. The minimum Gasteiger partial charge on any atom is -0.479 e. The van der Waals surface area contributed by atoms with Gasteiger partial charge in [0, 0.05) is 55.2 Å². The second kappa shape index (κ2) is 13.3. The molecule has 2 aromatic carbocycles. The zero-order chi connectivity index (χ0) is 35.2. The van der Waals surface area contributed by atoms with Crippen LogP contribution in [-0.2, 0) is 29.0 Å². The first-order valence-electron chi connectivity index (χ1n) is 16.4. The second-order valence-corrected chi connectivity index (χ2v) is 14.8. The quantitative estimate of drug-likeness (QED) is 0.241. The average molecular weight is 672 g/mol. The molecule has 0 radical (unpaired) electrons. The van der Waals surface area contributed by atoms with Crippen LogP contribution in [0.5, 0.6) is 5.75 Å². The standard InChI is InChI=1S/C37H45F4N3O4/c1-22-30(32(44-16-13-36(6,7)14-17-44)31(23(2)42-22)33(34(45)46)48-35(3,4)5)26-9-10-27-21-43(15-12-25(27)19-26)20-24-8-11-29(28(38)18-24)47-37(39,40)41/h8-11,18-19,33H,12-17,20-21H2,1-7H3,(H,45,46)/t33-/m0/s1. The molecule has 2 aliphatic heterocycles. The lowest BCUT2D eigenvalue weighted by Crippen LogP contribution is -2.39. The van der Waals surface area contributed by atoms with E-state index in [1.165, 1.54) is 6.07 Å². The van der Waals surface area contributed by atoms with Crippen molar-refractivity contribution >= 4 is 11.7 Å². The van der Waals surface area contributed by atoms with Gasteiger partial charge in [0.05, 0.1) is 11.3 Å². The number of carbonyl (C=O) groups is 1. The minimum absolute atomic E-state index is 0.185. The fourth-order valence-electron chi connectivity index (χ4n) is 6.77. The van der Waals surface area contributed by atoms with Gasteiger partial charge in [0.2, 0.25) is 0 Å². The number of fused-ring (bicyclic) bond motifs is 1. The Morgan fingerprint density at radius 1 is 1.00 bits per heavy atom. The maximum atomic E-state index is 14.4. The number of aromatic nitrogens is 1. The monoisotopic (exact) mass is 671 g/mol. The first kappa shape index (κ1) is 35.6. The second-order valence-electron chi connectivity index (χ2n) is 14.8. The van der Waals surface area contributed by atoms with E-state index in [-0.39, 0.29) is 5.41 Å². The van der Waals surface area contributed by atoms with Crippen molar-refractivity contribution in [2.75, 3.05) is 24.5 Å². The Kier molecular flexibility index (Phi) is 9.87. The van der Waals surface area contributed by atoms with E-state index in [0.717, 1.165) is 71.7 Å². The molecule has 1 atom stereocenters. The van der Waals surface area contributed by atoms with E-state index < -0.39 is 35.6 Å². The zero-order valence-electron chi connectivity index (χ0n) is 28.7. The molecule has 1 aromatic heterocycles. The topological polar surface area (TPSA) is 75.1 Å². The van der Waals surface area contributed by atoms with Crippen LogP contribution in [0, 0.1) is 25.1 Å². The number of ether oxygens (including phenoxy) is 2. The molecule has 0 spiro atoms. The molecule has 0 amide bonds. The van der Waals surface area contributed by atoms with Gasteiger partial charge in [-0.05, 0) is 93.7 Å². The van der Waals surface area contributed by atoms with Gasteiger partial charge in [0.1, 0.15) is 0 Å². The van der Waals surface area contributed by atoms with Gasteiger partial charge in [-0.25, -0.2) is 9.18 Å². The Balaban J connectivity index is 1.49. The molecule has 1 fully saturated rings. The van der Waals surface area contributed by atoms with Gasteiger partial charge in [-0.15, -0.1) is 13.2 Å². The van der Waals surface area contributed by atoms with Crippen molar-refractivity contribution in [2.24, 2.45) is 5.41 Å². The molecule has 5 rings (SSSR count). The van der Waals surface area contributed by atoms with Crippen molar-refractivity contribution in [1.29, 1.82) is 0 Å². The van der Waals surface area contributed by atoms with E-state index in [4.69, 9.17) is 9.72 Å². The maximum absolute atomic E-state index is 14.4. The largest absolute Gasteiger partial charge is 0.573 e. The Bertz CT molecular complexity index is 1670. The number of piperidine rings is 1. The highest BCUT2D eigenvalue weighted by Gasteiger charge is 2.37. The number of carboxylic acids is 1. The number of hydrogen-bond acceptors (Lipinski definition) is 6. The Labute approximate surface area is 279 Å². The summed E-state index contributed by atoms with van der Waals surface area (Å²) in [6.07, 6.45) is -3.52. The predicted molar refractivity (Wildman–Crippen MR) is 176 cm³/mol. The molecule has 2 aliphatic rings. The van der Waals surface area contributed by atoms with E-state index in [9.17, 15) is 27.5 Å². The lowest BCUT2D eigenvalue weighted by Gasteiger charge is -2.41. The first-order chi connectivity index (χ1) is 22.3. The van der Waals surface area contributed by atoms with Crippen LogP contribution in [0.25, 0.3) is 11.1 Å². The van der Waals surface area contributed by atoms with Crippen LogP contribution in [0.3, 0.4) is 0 Å². The van der Waals surface area contributed by atoms with Crippen molar-refractivity contribution in [3.63, 3.8) is 0 Å². The van der Waals surface area contributed by atoms with E-state index in [2.05, 4.69) is 40.5 Å². The summed E-state index contributed by atoms with van der Waals surface area (Å²) >= 11 is 0. The van der Waals surface area contributed by atoms with Gasteiger partial charge in [0.25, 0.3) is 0 Å².